The molecule has 0 spiro atoms. The summed E-state index contributed by atoms with van der Waals surface area (Å²) in [5, 5.41) is 13.5. The fourth-order valence-electron chi connectivity index (χ4n) is 2.61. The molecule has 2 rings (SSSR count). The normalized spacial score (nSPS) is 18.2. The van der Waals surface area contributed by atoms with Gasteiger partial charge in [-0.1, -0.05) is 30.3 Å². The average Bonchev–Trinajstić information content (AvgIpc) is 3.27. The maximum absolute atomic E-state index is 9.98. The maximum atomic E-state index is 9.98. The third kappa shape index (κ3) is 4.30. The SMILES string of the molecule is CC(C)NC(CO)(CCOCC1CC1)c1ccccc1. The molecule has 2 N–H and O–H groups in total. The largest absolute Gasteiger partial charge is 0.394 e. The van der Waals surface area contributed by atoms with Crippen molar-refractivity contribution in [2.45, 2.75) is 44.7 Å². The molecule has 1 atom stereocenters. The first kappa shape index (κ1) is 15.5. The molecule has 1 aromatic rings. The molecule has 1 saturated carbocycles. The number of rotatable bonds is 9. The summed E-state index contributed by atoms with van der Waals surface area (Å²) in [6, 6.07) is 10.5. The molecule has 3 nitrogen and oxygen atoms in total. The molecule has 0 heterocycles. The lowest BCUT2D eigenvalue weighted by atomic mass is 9.87. The van der Waals surface area contributed by atoms with Gasteiger partial charge in [-0.2, -0.15) is 0 Å². The Kier molecular flexibility index (Phi) is 5.58. The van der Waals surface area contributed by atoms with Crippen LogP contribution in [0.1, 0.15) is 38.7 Å². The van der Waals surface area contributed by atoms with Crippen LogP contribution in [0.4, 0.5) is 0 Å². The Hall–Kier alpha value is -0.900. The summed E-state index contributed by atoms with van der Waals surface area (Å²) < 4.78 is 5.77. The molecule has 0 aromatic heterocycles. The summed E-state index contributed by atoms with van der Waals surface area (Å²) in [6.07, 6.45) is 3.42. The van der Waals surface area contributed by atoms with Crippen LogP contribution >= 0.6 is 0 Å². The van der Waals surface area contributed by atoms with Crippen LogP contribution in [0.15, 0.2) is 30.3 Å². The van der Waals surface area contributed by atoms with Crippen molar-refractivity contribution in [2.75, 3.05) is 19.8 Å². The van der Waals surface area contributed by atoms with Gasteiger partial charge in [-0.25, -0.2) is 0 Å². The molecule has 1 aromatic carbocycles. The zero-order valence-electron chi connectivity index (χ0n) is 12.6. The summed E-state index contributed by atoms with van der Waals surface area (Å²) in [5.41, 5.74) is 0.727. The standard InChI is InChI=1S/C17H27NO2/c1-14(2)18-17(13-19,16-6-4-3-5-7-16)10-11-20-12-15-8-9-15/h3-7,14-15,18-19H,8-13H2,1-2H3. The van der Waals surface area contributed by atoms with Gasteiger partial charge in [0.2, 0.25) is 0 Å². The van der Waals surface area contributed by atoms with Crippen LogP contribution in [-0.4, -0.2) is 31.0 Å². The average molecular weight is 277 g/mol. The van der Waals surface area contributed by atoms with Crippen molar-refractivity contribution in [3.05, 3.63) is 35.9 Å². The number of aliphatic hydroxyl groups excluding tert-OH is 1. The van der Waals surface area contributed by atoms with E-state index >= 15 is 0 Å². The van der Waals surface area contributed by atoms with E-state index in [9.17, 15) is 5.11 Å². The molecule has 112 valence electrons. The Labute approximate surface area is 122 Å². The molecular weight excluding hydrogens is 250 g/mol. The number of hydrogen-bond donors (Lipinski definition) is 2. The van der Waals surface area contributed by atoms with Gasteiger partial charge in [-0.3, -0.25) is 0 Å². The third-order valence-corrected chi connectivity index (χ3v) is 3.88. The molecule has 0 amide bonds. The first-order valence-corrected chi connectivity index (χ1v) is 7.68. The molecule has 1 aliphatic rings. The van der Waals surface area contributed by atoms with Crippen LogP contribution in [0, 0.1) is 5.92 Å². The zero-order chi connectivity index (χ0) is 14.4. The van der Waals surface area contributed by atoms with Crippen molar-refractivity contribution in [3.63, 3.8) is 0 Å². The van der Waals surface area contributed by atoms with Crippen molar-refractivity contribution in [3.8, 4) is 0 Å². The van der Waals surface area contributed by atoms with Crippen LogP contribution in [0.2, 0.25) is 0 Å². The summed E-state index contributed by atoms with van der Waals surface area (Å²) in [6.45, 7) is 5.86. The molecular formula is C17H27NO2. The minimum absolute atomic E-state index is 0.0853. The molecule has 3 heteroatoms. The minimum atomic E-state index is -0.404. The van der Waals surface area contributed by atoms with E-state index in [4.69, 9.17) is 4.74 Å². The Morgan fingerprint density at radius 1 is 1.30 bits per heavy atom. The van der Waals surface area contributed by atoms with E-state index in [2.05, 4.69) is 31.3 Å². The van der Waals surface area contributed by atoms with E-state index in [-0.39, 0.29) is 6.61 Å². The van der Waals surface area contributed by atoms with E-state index in [1.165, 1.54) is 12.8 Å². The van der Waals surface area contributed by atoms with E-state index in [1.54, 1.807) is 0 Å². The highest BCUT2D eigenvalue weighted by Gasteiger charge is 2.32. The number of nitrogens with one attached hydrogen (secondary N) is 1. The molecule has 0 radical (unpaired) electrons. The highest BCUT2D eigenvalue weighted by molar-refractivity contribution is 5.25. The van der Waals surface area contributed by atoms with E-state index in [0.29, 0.717) is 12.6 Å². The third-order valence-electron chi connectivity index (χ3n) is 3.88. The van der Waals surface area contributed by atoms with Crippen LogP contribution < -0.4 is 5.32 Å². The zero-order valence-corrected chi connectivity index (χ0v) is 12.6. The second-order valence-corrected chi connectivity index (χ2v) is 6.17. The fourth-order valence-corrected chi connectivity index (χ4v) is 2.61. The first-order valence-electron chi connectivity index (χ1n) is 7.68. The molecule has 1 unspecified atom stereocenters. The Morgan fingerprint density at radius 2 is 2.00 bits per heavy atom. The molecule has 0 saturated heterocycles. The smallest absolute Gasteiger partial charge is 0.0693 e. The number of hydrogen-bond acceptors (Lipinski definition) is 3. The number of benzene rings is 1. The first-order chi connectivity index (χ1) is 9.66. The predicted molar refractivity (Wildman–Crippen MR) is 81.6 cm³/mol. The van der Waals surface area contributed by atoms with Crippen molar-refractivity contribution >= 4 is 0 Å². The van der Waals surface area contributed by atoms with Crippen LogP contribution in [0.25, 0.3) is 0 Å². The van der Waals surface area contributed by atoms with E-state index < -0.39 is 5.54 Å². The van der Waals surface area contributed by atoms with Gasteiger partial charge >= 0.3 is 0 Å². The van der Waals surface area contributed by atoms with Gasteiger partial charge in [-0.15, -0.1) is 0 Å². The lowest BCUT2D eigenvalue weighted by Gasteiger charge is -2.35. The highest BCUT2D eigenvalue weighted by Crippen LogP contribution is 2.30. The molecule has 20 heavy (non-hydrogen) atoms. The second kappa shape index (κ2) is 7.21. The van der Waals surface area contributed by atoms with Crippen LogP contribution in [0.3, 0.4) is 0 Å². The summed E-state index contributed by atoms with van der Waals surface area (Å²) >= 11 is 0. The topological polar surface area (TPSA) is 41.5 Å². The molecule has 1 fully saturated rings. The highest BCUT2D eigenvalue weighted by atomic mass is 16.5. The van der Waals surface area contributed by atoms with Gasteiger partial charge in [0, 0.05) is 19.3 Å². The lowest BCUT2D eigenvalue weighted by Crippen LogP contribution is -2.49. The van der Waals surface area contributed by atoms with Crippen molar-refractivity contribution in [1.82, 2.24) is 5.32 Å². The Balaban J connectivity index is 2.00. The van der Waals surface area contributed by atoms with Gasteiger partial charge in [-0.05, 0) is 44.6 Å². The molecule has 0 aliphatic heterocycles. The van der Waals surface area contributed by atoms with Crippen LogP contribution in [0.5, 0.6) is 0 Å². The van der Waals surface area contributed by atoms with Crippen LogP contribution in [-0.2, 0) is 10.3 Å². The molecule has 0 bridgehead atoms. The van der Waals surface area contributed by atoms with Gasteiger partial charge < -0.3 is 15.2 Å². The quantitative estimate of drug-likeness (QED) is 0.682. The predicted octanol–water partition coefficient (Wildman–Crippen LogP) is 2.69. The Morgan fingerprint density at radius 3 is 2.55 bits per heavy atom. The summed E-state index contributed by atoms with van der Waals surface area (Å²) in [5.74, 6) is 0.785. The summed E-state index contributed by atoms with van der Waals surface area (Å²) in [7, 11) is 0. The number of aliphatic hydroxyl groups is 1. The van der Waals surface area contributed by atoms with Crippen molar-refractivity contribution < 1.29 is 9.84 Å². The van der Waals surface area contributed by atoms with E-state index in [1.807, 2.05) is 18.2 Å². The van der Waals surface area contributed by atoms with E-state index in [0.717, 1.165) is 24.5 Å². The lowest BCUT2D eigenvalue weighted by molar-refractivity contribution is 0.0700. The number of ether oxygens (including phenoxy) is 1. The fraction of sp³-hybridized carbons (Fsp3) is 0.647. The van der Waals surface area contributed by atoms with Crippen molar-refractivity contribution in [2.24, 2.45) is 5.92 Å². The van der Waals surface area contributed by atoms with Gasteiger partial charge in [0.15, 0.2) is 0 Å². The summed E-state index contributed by atoms with van der Waals surface area (Å²) in [4.78, 5) is 0. The van der Waals surface area contributed by atoms with Gasteiger partial charge in [0.1, 0.15) is 0 Å². The van der Waals surface area contributed by atoms with Gasteiger partial charge in [0.25, 0.3) is 0 Å². The minimum Gasteiger partial charge on any atom is -0.394 e. The monoisotopic (exact) mass is 277 g/mol. The second-order valence-electron chi connectivity index (χ2n) is 6.17. The molecule has 1 aliphatic carbocycles. The Bertz CT molecular complexity index is 389. The maximum Gasteiger partial charge on any atom is 0.0693 e. The van der Waals surface area contributed by atoms with Crippen molar-refractivity contribution in [1.29, 1.82) is 0 Å². The van der Waals surface area contributed by atoms with Gasteiger partial charge in [0.05, 0.1) is 12.1 Å².